The number of hydrogen-bond acceptors (Lipinski definition) is 4. The molecule has 0 spiro atoms. The van der Waals surface area contributed by atoms with Crippen LogP contribution in [-0.4, -0.2) is 36.0 Å². The zero-order chi connectivity index (χ0) is 21.1. The van der Waals surface area contributed by atoms with Crippen LogP contribution in [0.25, 0.3) is 5.57 Å². The van der Waals surface area contributed by atoms with Crippen LogP contribution in [0.1, 0.15) is 30.5 Å². The lowest BCUT2D eigenvalue weighted by molar-refractivity contribution is -0.137. The number of halogens is 1. The molecule has 1 N–H and O–H groups in total. The highest BCUT2D eigenvalue weighted by molar-refractivity contribution is 6.36. The van der Waals surface area contributed by atoms with E-state index in [1.54, 1.807) is 12.1 Å². The van der Waals surface area contributed by atoms with E-state index in [2.05, 4.69) is 5.32 Å². The number of imide groups is 1. The molecule has 3 rings (SSSR count). The van der Waals surface area contributed by atoms with Gasteiger partial charge in [-0.05, 0) is 51.0 Å². The zero-order valence-electron chi connectivity index (χ0n) is 17.1. The summed E-state index contributed by atoms with van der Waals surface area (Å²) in [5.74, 6) is -0.689. The Labute approximate surface area is 176 Å². The van der Waals surface area contributed by atoms with Crippen molar-refractivity contribution >= 4 is 34.7 Å². The number of aryl methyl sites for hydroxylation is 2. The predicted molar refractivity (Wildman–Crippen MR) is 116 cm³/mol. The summed E-state index contributed by atoms with van der Waals surface area (Å²) >= 11 is 6.13. The second-order valence-corrected chi connectivity index (χ2v) is 7.82. The minimum atomic E-state index is -0.364. The average molecular weight is 413 g/mol. The Morgan fingerprint density at radius 2 is 1.72 bits per heavy atom. The maximum Gasteiger partial charge on any atom is 0.278 e. The van der Waals surface area contributed by atoms with Crippen molar-refractivity contribution in [3.05, 3.63) is 69.9 Å². The van der Waals surface area contributed by atoms with Crippen LogP contribution in [0.15, 0.2) is 48.2 Å². The van der Waals surface area contributed by atoms with Gasteiger partial charge in [0.2, 0.25) is 0 Å². The zero-order valence-corrected chi connectivity index (χ0v) is 17.8. The number of amides is 2. The lowest BCUT2D eigenvalue weighted by Crippen LogP contribution is -2.35. The molecular formula is C23H25ClN2O3. The molecule has 1 aliphatic heterocycles. The van der Waals surface area contributed by atoms with Crippen LogP contribution < -0.4 is 5.32 Å². The molecule has 0 saturated carbocycles. The van der Waals surface area contributed by atoms with Crippen LogP contribution in [-0.2, 0) is 14.3 Å². The van der Waals surface area contributed by atoms with Crippen LogP contribution in [0.5, 0.6) is 0 Å². The van der Waals surface area contributed by atoms with Crippen LogP contribution in [0.2, 0.25) is 5.02 Å². The number of anilines is 1. The molecule has 0 fully saturated rings. The smallest absolute Gasteiger partial charge is 0.278 e. The van der Waals surface area contributed by atoms with E-state index in [1.165, 1.54) is 4.90 Å². The van der Waals surface area contributed by atoms with Crippen molar-refractivity contribution in [1.29, 1.82) is 0 Å². The first-order valence-electron chi connectivity index (χ1n) is 9.60. The van der Waals surface area contributed by atoms with Crippen molar-refractivity contribution in [2.45, 2.75) is 33.8 Å². The number of carbonyl (C=O) groups excluding carboxylic acids is 2. The fourth-order valence-corrected chi connectivity index (χ4v) is 3.30. The van der Waals surface area contributed by atoms with E-state index in [9.17, 15) is 9.59 Å². The molecule has 29 heavy (non-hydrogen) atoms. The van der Waals surface area contributed by atoms with E-state index in [-0.39, 0.29) is 30.2 Å². The lowest BCUT2D eigenvalue weighted by Gasteiger charge is -2.16. The van der Waals surface area contributed by atoms with Gasteiger partial charge in [-0.15, -0.1) is 0 Å². The Hall–Kier alpha value is -2.63. The molecule has 0 radical (unpaired) electrons. The van der Waals surface area contributed by atoms with Crippen molar-refractivity contribution < 1.29 is 14.3 Å². The lowest BCUT2D eigenvalue weighted by atomic mass is 10.0. The van der Waals surface area contributed by atoms with Gasteiger partial charge < -0.3 is 10.1 Å². The van der Waals surface area contributed by atoms with Gasteiger partial charge in [-0.25, -0.2) is 0 Å². The maximum atomic E-state index is 13.2. The van der Waals surface area contributed by atoms with E-state index in [4.69, 9.17) is 16.3 Å². The molecule has 0 aromatic heterocycles. The van der Waals surface area contributed by atoms with E-state index in [0.717, 1.165) is 11.1 Å². The Morgan fingerprint density at radius 3 is 2.38 bits per heavy atom. The third kappa shape index (κ3) is 4.69. The van der Waals surface area contributed by atoms with Crippen molar-refractivity contribution in [3.63, 3.8) is 0 Å². The van der Waals surface area contributed by atoms with E-state index in [1.807, 2.05) is 58.0 Å². The van der Waals surface area contributed by atoms with Crippen LogP contribution in [0.3, 0.4) is 0 Å². The molecular weight excluding hydrogens is 388 g/mol. The third-order valence-corrected chi connectivity index (χ3v) is 4.97. The number of nitrogens with one attached hydrogen (secondary N) is 1. The van der Waals surface area contributed by atoms with Gasteiger partial charge in [0.15, 0.2) is 0 Å². The highest BCUT2D eigenvalue weighted by Gasteiger charge is 2.39. The molecule has 1 heterocycles. The monoisotopic (exact) mass is 412 g/mol. The quantitative estimate of drug-likeness (QED) is 0.676. The Bertz CT molecular complexity index is 965. The topological polar surface area (TPSA) is 58.6 Å². The predicted octanol–water partition coefficient (Wildman–Crippen LogP) is 4.57. The minimum absolute atomic E-state index is 0.0269. The molecule has 2 aromatic carbocycles. The highest BCUT2D eigenvalue weighted by Crippen LogP contribution is 2.32. The Morgan fingerprint density at radius 1 is 1.03 bits per heavy atom. The summed E-state index contributed by atoms with van der Waals surface area (Å²) in [6, 6.07) is 13.0. The number of benzene rings is 2. The van der Waals surface area contributed by atoms with Crippen molar-refractivity contribution in [2.75, 3.05) is 18.5 Å². The molecule has 0 bridgehead atoms. The van der Waals surface area contributed by atoms with Gasteiger partial charge in [0.1, 0.15) is 5.70 Å². The molecule has 2 amide bonds. The van der Waals surface area contributed by atoms with Crippen LogP contribution >= 0.6 is 11.6 Å². The van der Waals surface area contributed by atoms with Gasteiger partial charge in [-0.1, -0.05) is 47.5 Å². The van der Waals surface area contributed by atoms with E-state index in [0.29, 0.717) is 28.5 Å². The molecule has 5 nitrogen and oxygen atoms in total. The van der Waals surface area contributed by atoms with Crippen molar-refractivity contribution in [1.82, 2.24) is 4.90 Å². The van der Waals surface area contributed by atoms with Crippen molar-refractivity contribution in [3.8, 4) is 0 Å². The number of nitrogens with zero attached hydrogens (tertiary/aromatic N) is 1. The number of rotatable bonds is 7. The first-order chi connectivity index (χ1) is 13.8. The number of ether oxygens (including phenoxy) is 1. The van der Waals surface area contributed by atoms with Gasteiger partial charge in [0.25, 0.3) is 11.8 Å². The molecule has 1 aliphatic rings. The Kier molecular flexibility index (Phi) is 6.40. The molecule has 0 saturated heterocycles. The molecule has 0 aliphatic carbocycles. The molecule has 6 heteroatoms. The normalized spacial score (nSPS) is 14.3. The molecule has 0 atom stereocenters. The highest BCUT2D eigenvalue weighted by atomic mass is 35.5. The fourth-order valence-electron chi connectivity index (χ4n) is 3.13. The summed E-state index contributed by atoms with van der Waals surface area (Å²) in [5.41, 5.74) is 4.01. The SMILES string of the molecule is Cc1ccc(C2=C(Nc3cc(Cl)ccc3C)C(=O)N(CCOC(C)C)C2=O)cc1. The number of carbonyl (C=O) groups is 2. The fraction of sp³-hybridized carbons (Fsp3) is 0.304. The molecule has 152 valence electrons. The van der Waals surface area contributed by atoms with E-state index < -0.39 is 0 Å². The van der Waals surface area contributed by atoms with Gasteiger partial charge in [0, 0.05) is 10.7 Å². The van der Waals surface area contributed by atoms with Crippen LogP contribution in [0, 0.1) is 13.8 Å². The maximum absolute atomic E-state index is 13.2. The Balaban J connectivity index is 1.99. The first kappa shape index (κ1) is 21.1. The van der Waals surface area contributed by atoms with Crippen LogP contribution in [0.4, 0.5) is 5.69 Å². The molecule has 2 aromatic rings. The van der Waals surface area contributed by atoms with Gasteiger partial charge in [0.05, 0.1) is 24.8 Å². The largest absolute Gasteiger partial charge is 0.377 e. The summed E-state index contributed by atoms with van der Waals surface area (Å²) in [6.07, 6.45) is 0.0269. The second kappa shape index (κ2) is 8.80. The standard InChI is InChI=1S/C23H25ClN2O3/c1-14(2)29-12-11-26-22(27)20(17-8-5-15(3)6-9-17)21(23(26)28)25-19-13-18(24)10-7-16(19)4/h5-10,13-14,25H,11-12H2,1-4H3. The van der Waals surface area contributed by atoms with E-state index >= 15 is 0 Å². The summed E-state index contributed by atoms with van der Waals surface area (Å²) < 4.78 is 5.54. The third-order valence-electron chi connectivity index (χ3n) is 4.73. The summed E-state index contributed by atoms with van der Waals surface area (Å²) in [4.78, 5) is 27.5. The van der Waals surface area contributed by atoms with Gasteiger partial charge in [-0.2, -0.15) is 0 Å². The van der Waals surface area contributed by atoms with Gasteiger partial charge in [-0.3, -0.25) is 14.5 Å². The average Bonchev–Trinajstić information content (AvgIpc) is 2.89. The van der Waals surface area contributed by atoms with Crippen molar-refractivity contribution in [2.24, 2.45) is 0 Å². The summed E-state index contributed by atoms with van der Waals surface area (Å²) in [7, 11) is 0. The summed E-state index contributed by atoms with van der Waals surface area (Å²) in [6.45, 7) is 8.21. The van der Waals surface area contributed by atoms with Gasteiger partial charge >= 0.3 is 0 Å². The second-order valence-electron chi connectivity index (χ2n) is 7.38. The summed E-state index contributed by atoms with van der Waals surface area (Å²) in [5, 5.41) is 3.72. The first-order valence-corrected chi connectivity index (χ1v) is 9.98. The number of hydrogen-bond donors (Lipinski definition) is 1. The minimum Gasteiger partial charge on any atom is -0.377 e. The molecule has 0 unspecified atom stereocenters.